The van der Waals surface area contributed by atoms with E-state index in [1.807, 2.05) is 0 Å². The van der Waals surface area contributed by atoms with Crippen LogP contribution in [0.4, 0.5) is 0 Å². The average molecular weight is 336 g/mol. The van der Waals surface area contributed by atoms with Crippen LogP contribution < -0.4 is 21.3 Å². The van der Waals surface area contributed by atoms with Crippen LogP contribution in [0, 0.1) is 0 Å². The molecule has 0 amide bonds. The number of nitrogens with zero attached hydrogens (tertiary/aromatic N) is 6. The van der Waals surface area contributed by atoms with Crippen molar-refractivity contribution in [3.05, 3.63) is 36.2 Å². The van der Waals surface area contributed by atoms with Gasteiger partial charge in [0, 0.05) is 12.4 Å². The molecule has 1 radical (unpaired) electrons. The molecule has 4 N–H and O–H groups in total. The van der Waals surface area contributed by atoms with E-state index in [0.29, 0.717) is 22.1 Å². The summed E-state index contributed by atoms with van der Waals surface area (Å²) >= 11 is 0. The van der Waals surface area contributed by atoms with E-state index in [-0.39, 0.29) is 28.2 Å². The molecule has 0 aliphatic carbocycles. The molecule has 10 nitrogen and oxygen atoms in total. The number of rotatable bonds is 0. The van der Waals surface area contributed by atoms with E-state index in [1.54, 1.807) is 0 Å². The Morgan fingerprint density at radius 3 is 1.62 bits per heavy atom. The number of aromatic nitrogens is 8. The first-order chi connectivity index (χ1) is 9.75. The number of H-pyrrole nitrogens is 2. The van der Waals surface area contributed by atoms with Crippen molar-refractivity contribution in [2.75, 3.05) is 0 Å². The fraction of sp³-hybridized carbons (Fsp3) is 0. The summed E-state index contributed by atoms with van der Waals surface area (Å²) in [4.78, 5) is 30.8. The molecular formula is C10H8CuN8O2+2. The second-order valence-electron chi connectivity index (χ2n) is 3.67. The minimum Gasteiger partial charge on any atom is -0.426 e. The third-order valence-corrected chi connectivity index (χ3v) is 2.45. The molecule has 4 aromatic heterocycles. The van der Waals surface area contributed by atoms with Crippen LogP contribution in [0.2, 0.25) is 0 Å². The van der Waals surface area contributed by atoms with E-state index in [1.165, 1.54) is 25.0 Å². The predicted molar refractivity (Wildman–Crippen MR) is 64.6 cm³/mol. The second-order valence-corrected chi connectivity index (χ2v) is 3.67. The first-order valence-electron chi connectivity index (χ1n) is 5.43. The van der Waals surface area contributed by atoms with Gasteiger partial charge in [-0.3, -0.25) is 29.8 Å². The standard InChI is InChI=1S/2C5H4N4O.Cu/c2*10-5-3-1-8-9-4(3)6-2-7-5;/h2*1-2H,(H2,6,7,8,9,10);/q;;+2. The third-order valence-electron chi connectivity index (χ3n) is 2.45. The molecule has 0 aliphatic heterocycles. The van der Waals surface area contributed by atoms with Crippen LogP contribution in [0.1, 0.15) is 0 Å². The Bertz CT molecular complexity index is 888. The van der Waals surface area contributed by atoms with Crippen LogP contribution in [-0.4, -0.2) is 39.7 Å². The fourth-order valence-corrected chi connectivity index (χ4v) is 1.50. The zero-order chi connectivity index (χ0) is 13.9. The molecular weight excluding hydrogens is 328 g/mol. The molecule has 0 aromatic carbocycles. The average Bonchev–Trinajstić information content (AvgIpc) is 3.08. The molecule has 0 saturated carbocycles. The molecule has 4 rings (SSSR count). The van der Waals surface area contributed by atoms with Gasteiger partial charge < -0.3 is 20.2 Å². The number of fused-ring (bicyclic) bond motifs is 2. The van der Waals surface area contributed by atoms with Gasteiger partial charge in [0.15, 0.2) is 0 Å². The maximum absolute atomic E-state index is 9.08. The molecule has 0 spiro atoms. The first-order valence-corrected chi connectivity index (χ1v) is 5.43. The molecule has 0 atom stereocenters. The van der Waals surface area contributed by atoms with Gasteiger partial charge in [-0.05, 0) is 23.9 Å². The number of hydrogen-bond acceptors (Lipinski definition) is 4. The van der Waals surface area contributed by atoms with E-state index in [0.717, 1.165) is 0 Å². The summed E-state index contributed by atoms with van der Waals surface area (Å²) in [5.74, 6) is 0. The Morgan fingerprint density at radius 1 is 0.810 bits per heavy atom. The molecule has 0 saturated heterocycles. The van der Waals surface area contributed by atoms with Crippen molar-refractivity contribution >= 4 is 22.1 Å². The number of aromatic amines is 2. The molecule has 0 aliphatic rings. The normalized spacial score (nSPS) is 9.90. The van der Waals surface area contributed by atoms with Crippen LogP contribution >= 0.6 is 0 Å². The van der Waals surface area contributed by atoms with Gasteiger partial charge in [0.1, 0.15) is 10.8 Å². The summed E-state index contributed by atoms with van der Waals surface area (Å²) in [5.41, 5.74) is 1.01. The van der Waals surface area contributed by atoms with Crippen LogP contribution in [0.25, 0.3) is 22.1 Å². The van der Waals surface area contributed by atoms with Gasteiger partial charge in [-0.1, -0.05) is 0 Å². The smallest absolute Gasteiger partial charge is 0.426 e. The molecule has 11 heteroatoms. The van der Waals surface area contributed by atoms with Gasteiger partial charge in [0.05, 0.1) is 0 Å². The van der Waals surface area contributed by atoms with Gasteiger partial charge in [-0.2, -0.15) is 0 Å². The monoisotopic (exact) mass is 335 g/mol. The first kappa shape index (κ1) is 14.6. The maximum atomic E-state index is 9.08. The van der Waals surface area contributed by atoms with Crippen molar-refractivity contribution in [1.82, 2.24) is 40.3 Å². The van der Waals surface area contributed by atoms with Gasteiger partial charge in [-0.25, -0.2) is 0 Å². The van der Waals surface area contributed by atoms with Gasteiger partial charge in [-0.15, -0.1) is 0 Å². The van der Waals surface area contributed by atoms with Gasteiger partial charge >= 0.3 is 28.2 Å². The molecule has 21 heavy (non-hydrogen) atoms. The van der Waals surface area contributed by atoms with E-state index in [9.17, 15) is 0 Å². The van der Waals surface area contributed by atoms with E-state index < -0.39 is 0 Å². The summed E-state index contributed by atoms with van der Waals surface area (Å²) in [6, 6.07) is 0. The van der Waals surface area contributed by atoms with Crippen LogP contribution in [0.5, 0.6) is 0 Å². The van der Waals surface area contributed by atoms with Crippen molar-refractivity contribution in [2.24, 2.45) is 0 Å². The van der Waals surface area contributed by atoms with E-state index >= 15 is 0 Å². The molecule has 109 valence electrons. The van der Waals surface area contributed by atoms with Gasteiger partial charge in [0.25, 0.3) is 0 Å². The van der Waals surface area contributed by atoms with Crippen molar-refractivity contribution in [1.29, 1.82) is 0 Å². The Hall–Kier alpha value is -2.78. The quantitative estimate of drug-likeness (QED) is 0.275. The zero-order valence-corrected chi connectivity index (χ0v) is 11.1. The largest absolute Gasteiger partial charge is 2.00 e. The summed E-state index contributed by atoms with van der Waals surface area (Å²) in [5, 5.41) is 15.5. The molecule has 0 fully saturated rings. The van der Waals surface area contributed by atoms with Crippen LogP contribution in [0.15, 0.2) is 25.0 Å². The summed E-state index contributed by atoms with van der Waals surface area (Å²) in [6.07, 6.45) is 5.64. The van der Waals surface area contributed by atoms with E-state index in [4.69, 9.17) is 9.59 Å². The summed E-state index contributed by atoms with van der Waals surface area (Å²) < 4.78 is 0. The Balaban J connectivity index is 0.000000147. The number of nitrogens with one attached hydrogen (secondary N) is 2. The number of hydrogen-bond donors (Lipinski definition) is 2. The van der Waals surface area contributed by atoms with Crippen LogP contribution in [0.3, 0.4) is 0 Å². The molecule has 4 heterocycles. The Morgan fingerprint density at radius 2 is 1.24 bits per heavy atom. The third kappa shape index (κ3) is 2.88. The summed E-state index contributed by atoms with van der Waals surface area (Å²) in [6.45, 7) is 0. The SMILES string of the molecule is [Cu+2].[OH+]=c1[nH]cnc2[n-]ncc12.[OH+]=c1[nH]cnc2[n-]ncc12. The van der Waals surface area contributed by atoms with Gasteiger partial charge in [0.2, 0.25) is 0 Å². The topological polar surface area (TPSA) is 154 Å². The minimum absolute atomic E-state index is 0. The molecule has 4 aromatic rings. The predicted octanol–water partition coefficient (Wildman–Crippen LogP) is -2.16. The second kappa shape index (κ2) is 6.11. The van der Waals surface area contributed by atoms with Crippen molar-refractivity contribution in [3.63, 3.8) is 0 Å². The fourth-order valence-electron chi connectivity index (χ4n) is 1.50. The van der Waals surface area contributed by atoms with Crippen molar-refractivity contribution < 1.29 is 26.7 Å². The maximum Gasteiger partial charge on any atom is 2.00 e. The molecule has 0 bridgehead atoms. The Labute approximate surface area is 125 Å². The Kier molecular flexibility index (Phi) is 4.26. The van der Waals surface area contributed by atoms with E-state index in [2.05, 4.69) is 40.3 Å². The summed E-state index contributed by atoms with van der Waals surface area (Å²) in [7, 11) is 0. The minimum atomic E-state index is 0. The van der Waals surface area contributed by atoms with Crippen molar-refractivity contribution in [2.45, 2.75) is 0 Å². The molecule has 0 unspecified atom stereocenters. The van der Waals surface area contributed by atoms with Crippen molar-refractivity contribution in [3.8, 4) is 0 Å². The van der Waals surface area contributed by atoms with Crippen LogP contribution in [-0.2, 0) is 17.1 Å². The zero-order valence-electron chi connectivity index (χ0n) is 10.2.